The van der Waals surface area contributed by atoms with Gasteiger partial charge >= 0.3 is 0 Å². The molecule has 0 unspecified atom stereocenters. The number of carbonyl (C=O) groups excluding carboxylic acids is 1. The molecule has 0 aliphatic heterocycles. The van der Waals surface area contributed by atoms with Gasteiger partial charge in [0.15, 0.2) is 11.5 Å². The van der Waals surface area contributed by atoms with Crippen LogP contribution in [-0.2, 0) is 4.79 Å². The van der Waals surface area contributed by atoms with Gasteiger partial charge in [-0.15, -0.1) is 0 Å². The summed E-state index contributed by atoms with van der Waals surface area (Å²) in [5.41, 5.74) is 5.69. The SMILES string of the molecule is COc1ccc(NC(=O)CC(=N)N)cc1OC. The minimum atomic E-state index is -0.343. The topological polar surface area (TPSA) is 97.4 Å². The first-order valence-electron chi connectivity index (χ1n) is 4.91. The molecule has 1 rings (SSSR count). The van der Waals surface area contributed by atoms with Crippen LogP contribution in [0.2, 0.25) is 0 Å². The molecule has 4 N–H and O–H groups in total. The monoisotopic (exact) mass is 237 g/mol. The van der Waals surface area contributed by atoms with Crippen LogP contribution in [0.5, 0.6) is 11.5 Å². The minimum Gasteiger partial charge on any atom is -0.493 e. The molecule has 0 aliphatic carbocycles. The molecule has 1 aromatic carbocycles. The number of carbonyl (C=O) groups is 1. The molecule has 0 saturated carbocycles. The predicted molar refractivity (Wildman–Crippen MR) is 64.7 cm³/mol. The van der Waals surface area contributed by atoms with Crippen LogP contribution in [0.1, 0.15) is 6.42 Å². The van der Waals surface area contributed by atoms with E-state index in [1.807, 2.05) is 0 Å². The summed E-state index contributed by atoms with van der Waals surface area (Å²) in [6.07, 6.45) is -0.131. The molecule has 0 saturated heterocycles. The molecule has 6 nitrogen and oxygen atoms in total. The highest BCUT2D eigenvalue weighted by Crippen LogP contribution is 2.29. The number of rotatable bonds is 5. The molecule has 0 aliphatic rings. The van der Waals surface area contributed by atoms with E-state index in [0.717, 1.165) is 0 Å². The number of nitrogens with two attached hydrogens (primary N) is 1. The lowest BCUT2D eigenvalue weighted by molar-refractivity contribution is -0.115. The van der Waals surface area contributed by atoms with Crippen LogP contribution in [0, 0.1) is 5.41 Å². The highest BCUT2D eigenvalue weighted by atomic mass is 16.5. The Hall–Kier alpha value is -2.24. The maximum Gasteiger partial charge on any atom is 0.231 e. The van der Waals surface area contributed by atoms with Crippen molar-refractivity contribution in [2.45, 2.75) is 6.42 Å². The van der Waals surface area contributed by atoms with E-state index in [9.17, 15) is 4.79 Å². The van der Waals surface area contributed by atoms with Crippen molar-refractivity contribution in [2.24, 2.45) is 5.73 Å². The van der Waals surface area contributed by atoms with Crippen molar-refractivity contribution in [3.63, 3.8) is 0 Å². The average molecular weight is 237 g/mol. The van der Waals surface area contributed by atoms with Crippen molar-refractivity contribution < 1.29 is 14.3 Å². The van der Waals surface area contributed by atoms with Gasteiger partial charge in [-0.1, -0.05) is 0 Å². The van der Waals surface area contributed by atoms with E-state index in [2.05, 4.69) is 5.32 Å². The Bertz CT molecular complexity index is 432. The number of hydrogen-bond donors (Lipinski definition) is 3. The van der Waals surface area contributed by atoms with Gasteiger partial charge in [0.25, 0.3) is 0 Å². The number of amides is 1. The maximum absolute atomic E-state index is 11.4. The van der Waals surface area contributed by atoms with E-state index in [-0.39, 0.29) is 18.2 Å². The number of benzene rings is 1. The normalized spacial score (nSPS) is 9.53. The molecule has 0 atom stereocenters. The number of amidine groups is 1. The quantitative estimate of drug-likeness (QED) is 0.525. The summed E-state index contributed by atoms with van der Waals surface area (Å²) in [5.74, 6) is 0.581. The van der Waals surface area contributed by atoms with E-state index >= 15 is 0 Å². The fourth-order valence-corrected chi connectivity index (χ4v) is 1.29. The standard InChI is InChI=1S/C11H15N3O3/c1-16-8-4-3-7(5-9(8)17-2)14-11(15)6-10(12)13/h3-5H,6H2,1-2H3,(H3,12,13)(H,14,15). The number of hydrogen-bond acceptors (Lipinski definition) is 4. The molecular weight excluding hydrogens is 222 g/mol. The lowest BCUT2D eigenvalue weighted by atomic mass is 10.2. The fraction of sp³-hybridized carbons (Fsp3) is 0.273. The van der Waals surface area contributed by atoms with E-state index in [1.54, 1.807) is 18.2 Å². The van der Waals surface area contributed by atoms with Crippen LogP contribution in [0.4, 0.5) is 5.69 Å². The number of methoxy groups -OCH3 is 2. The average Bonchev–Trinajstić information content (AvgIpc) is 2.27. The first kappa shape index (κ1) is 12.8. The molecule has 6 heteroatoms. The van der Waals surface area contributed by atoms with Crippen molar-refractivity contribution in [3.05, 3.63) is 18.2 Å². The Labute approximate surface area is 99.2 Å². The molecular formula is C11H15N3O3. The van der Waals surface area contributed by atoms with Gasteiger partial charge in [-0.25, -0.2) is 0 Å². The predicted octanol–water partition coefficient (Wildman–Crippen LogP) is 0.968. The highest BCUT2D eigenvalue weighted by Gasteiger charge is 2.07. The summed E-state index contributed by atoms with van der Waals surface area (Å²) in [5, 5.41) is 9.61. The molecule has 1 amide bonds. The Balaban J connectivity index is 2.79. The first-order chi connectivity index (χ1) is 8.06. The van der Waals surface area contributed by atoms with Gasteiger partial charge in [0, 0.05) is 11.8 Å². The molecule has 0 radical (unpaired) electrons. The summed E-state index contributed by atoms with van der Waals surface area (Å²) in [6, 6.07) is 5.00. The number of ether oxygens (including phenoxy) is 2. The van der Waals surface area contributed by atoms with Crippen molar-refractivity contribution in [1.82, 2.24) is 0 Å². The van der Waals surface area contributed by atoms with Crippen molar-refractivity contribution >= 4 is 17.4 Å². The molecule has 0 fully saturated rings. The second-order valence-corrected chi connectivity index (χ2v) is 3.32. The minimum absolute atomic E-state index is 0.131. The van der Waals surface area contributed by atoms with Gasteiger partial charge in [-0.3, -0.25) is 10.2 Å². The molecule has 17 heavy (non-hydrogen) atoms. The summed E-state index contributed by atoms with van der Waals surface area (Å²) in [7, 11) is 3.05. The van der Waals surface area contributed by atoms with E-state index in [4.69, 9.17) is 20.6 Å². The van der Waals surface area contributed by atoms with Crippen molar-refractivity contribution in [2.75, 3.05) is 19.5 Å². The zero-order chi connectivity index (χ0) is 12.8. The lowest BCUT2D eigenvalue weighted by Crippen LogP contribution is -2.20. The van der Waals surface area contributed by atoms with Crippen LogP contribution in [-0.4, -0.2) is 26.0 Å². The van der Waals surface area contributed by atoms with Gasteiger partial charge in [0.05, 0.1) is 20.6 Å². The molecule has 1 aromatic rings. The second kappa shape index (κ2) is 5.74. The van der Waals surface area contributed by atoms with Crippen LogP contribution in [0.15, 0.2) is 18.2 Å². The maximum atomic E-state index is 11.4. The van der Waals surface area contributed by atoms with Crippen LogP contribution in [0.3, 0.4) is 0 Å². The second-order valence-electron chi connectivity index (χ2n) is 3.32. The van der Waals surface area contributed by atoms with Gasteiger partial charge < -0.3 is 20.5 Å². The number of anilines is 1. The molecule has 0 bridgehead atoms. The smallest absolute Gasteiger partial charge is 0.231 e. The largest absolute Gasteiger partial charge is 0.493 e. The third kappa shape index (κ3) is 3.67. The Morgan fingerprint density at radius 3 is 2.53 bits per heavy atom. The molecule has 0 heterocycles. The summed E-state index contributed by atoms with van der Waals surface area (Å²) >= 11 is 0. The third-order valence-electron chi connectivity index (χ3n) is 2.02. The van der Waals surface area contributed by atoms with Crippen molar-refractivity contribution in [3.8, 4) is 11.5 Å². The summed E-state index contributed by atoms with van der Waals surface area (Å²) < 4.78 is 10.2. The van der Waals surface area contributed by atoms with Gasteiger partial charge in [0.2, 0.25) is 5.91 Å². The summed E-state index contributed by atoms with van der Waals surface area (Å²) in [4.78, 5) is 11.4. The lowest BCUT2D eigenvalue weighted by Gasteiger charge is -2.10. The Kier molecular flexibility index (Phi) is 4.33. The van der Waals surface area contributed by atoms with E-state index in [0.29, 0.717) is 17.2 Å². The van der Waals surface area contributed by atoms with Gasteiger partial charge in [0.1, 0.15) is 5.84 Å². The zero-order valence-corrected chi connectivity index (χ0v) is 9.74. The Morgan fingerprint density at radius 1 is 1.35 bits per heavy atom. The fourth-order valence-electron chi connectivity index (χ4n) is 1.29. The summed E-state index contributed by atoms with van der Waals surface area (Å²) in [6.45, 7) is 0. The van der Waals surface area contributed by atoms with Crippen molar-refractivity contribution in [1.29, 1.82) is 5.41 Å². The van der Waals surface area contributed by atoms with Gasteiger partial charge in [-0.05, 0) is 12.1 Å². The van der Waals surface area contributed by atoms with Crippen LogP contribution in [0.25, 0.3) is 0 Å². The van der Waals surface area contributed by atoms with Gasteiger partial charge in [-0.2, -0.15) is 0 Å². The highest BCUT2D eigenvalue weighted by molar-refractivity contribution is 6.04. The number of nitrogens with one attached hydrogen (secondary N) is 2. The first-order valence-corrected chi connectivity index (χ1v) is 4.91. The molecule has 0 spiro atoms. The zero-order valence-electron chi connectivity index (χ0n) is 9.74. The van der Waals surface area contributed by atoms with E-state index in [1.165, 1.54) is 14.2 Å². The molecule has 92 valence electrons. The van der Waals surface area contributed by atoms with Crippen LogP contribution >= 0.6 is 0 Å². The Morgan fingerprint density at radius 2 is 2.00 bits per heavy atom. The third-order valence-corrected chi connectivity index (χ3v) is 2.02. The van der Waals surface area contributed by atoms with E-state index < -0.39 is 0 Å². The molecule has 0 aromatic heterocycles. The van der Waals surface area contributed by atoms with Crippen LogP contribution < -0.4 is 20.5 Å².